The molecule has 1 fully saturated rings. The number of primary amides is 1. The number of hydrogen-bond acceptors (Lipinski definition) is 3. The largest absolute Gasteiger partial charge is 0.394 e. The molecule has 1 aliphatic carbocycles. The Bertz CT molecular complexity index is 475. The van der Waals surface area contributed by atoms with Gasteiger partial charge in [0.15, 0.2) is 0 Å². The molecule has 2 atom stereocenters. The lowest BCUT2D eigenvalue weighted by molar-refractivity contribution is 0.0980. The first kappa shape index (κ1) is 15.0. The number of rotatable bonds is 5. The van der Waals surface area contributed by atoms with Gasteiger partial charge in [0.05, 0.1) is 6.61 Å². The molecule has 1 aliphatic rings. The van der Waals surface area contributed by atoms with Crippen LogP contribution >= 0.6 is 0 Å². The molecule has 4 heteroatoms. The Labute approximate surface area is 120 Å². The fourth-order valence-electron chi connectivity index (χ4n) is 3.14. The first-order valence-corrected chi connectivity index (χ1v) is 7.29. The summed E-state index contributed by atoms with van der Waals surface area (Å²) in [4.78, 5) is 11.2. The number of carbonyl (C=O) groups excluding carboxylic acids is 1. The van der Waals surface area contributed by atoms with Crippen LogP contribution in [0.3, 0.4) is 0 Å². The van der Waals surface area contributed by atoms with Crippen LogP contribution in [0.1, 0.15) is 48.5 Å². The number of aliphatic hydroxyl groups is 1. The minimum Gasteiger partial charge on any atom is -0.394 e. The van der Waals surface area contributed by atoms with E-state index in [1.807, 2.05) is 18.2 Å². The molecule has 1 aromatic carbocycles. The third kappa shape index (κ3) is 3.58. The molecule has 0 aliphatic heterocycles. The number of benzene rings is 1. The van der Waals surface area contributed by atoms with Gasteiger partial charge in [-0.25, -0.2) is 0 Å². The van der Waals surface area contributed by atoms with Gasteiger partial charge in [0.2, 0.25) is 5.91 Å². The highest BCUT2D eigenvalue weighted by Crippen LogP contribution is 2.32. The third-order valence-electron chi connectivity index (χ3n) is 4.27. The van der Waals surface area contributed by atoms with Crippen molar-refractivity contribution in [3.63, 3.8) is 0 Å². The van der Waals surface area contributed by atoms with Crippen LogP contribution in [-0.4, -0.2) is 23.2 Å². The number of nitrogens with one attached hydrogen (secondary N) is 1. The van der Waals surface area contributed by atoms with E-state index >= 15 is 0 Å². The van der Waals surface area contributed by atoms with Crippen LogP contribution in [0, 0.1) is 5.92 Å². The lowest BCUT2D eigenvalue weighted by Gasteiger charge is -2.39. The zero-order chi connectivity index (χ0) is 14.6. The Balaban J connectivity index is 2.03. The van der Waals surface area contributed by atoms with Gasteiger partial charge in [-0.15, -0.1) is 0 Å². The molecule has 4 nitrogen and oxygen atoms in total. The van der Waals surface area contributed by atoms with Crippen molar-refractivity contribution >= 4 is 5.91 Å². The predicted molar refractivity (Wildman–Crippen MR) is 79.2 cm³/mol. The quantitative estimate of drug-likeness (QED) is 0.768. The number of nitrogens with two attached hydrogens (primary N) is 1. The molecule has 4 N–H and O–H groups in total. The van der Waals surface area contributed by atoms with Crippen molar-refractivity contribution in [3.05, 3.63) is 35.4 Å². The maximum Gasteiger partial charge on any atom is 0.248 e. The van der Waals surface area contributed by atoms with E-state index in [1.54, 1.807) is 6.07 Å². The lowest BCUT2D eigenvalue weighted by Crippen LogP contribution is -2.51. The molecule has 2 rings (SSSR count). The smallest absolute Gasteiger partial charge is 0.248 e. The molecule has 0 heterocycles. The van der Waals surface area contributed by atoms with Gasteiger partial charge in [-0.3, -0.25) is 4.79 Å². The molecule has 110 valence electrons. The second-order valence-corrected chi connectivity index (χ2v) is 6.06. The lowest BCUT2D eigenvalue weighted by atomic mass is 9.77. The van der Waals surface area contributed by atoms with Crippen LogP contribution in [0.2, 0.25) is 0 Å². The Morgan fingerprint density at radius 2 is 2.35 bits per heavy atom. The average Bonchev–Trinajstić information content (AvgIpc) is 2.45. The summed E-state index contributed by atoms with van der Waals surface area (Å²) in [5.74, 6) is 0.232. The van der Waals surface area contributed by atoms with E-state index in [-0.39, 0.29) is 12.1 Å². The average molecular weight is 276 g/mol. The van der Waals surface area contributed by atoms with Gasteiger partial charge < -0.3 is 16.2 Å². The summed E-state index contributed by atoms with van der Waals surface area (Å²) >= 11 is 0. The van der Waals surface area contributed by atoms with Crippen LogP contribution in [0.4, 0.5) is 0 Å². The van der Waals surface area contributed by atoms with E-state index in [9.17, 15) is 9.90 Å². The molecule has 0 radical (unpaired) electrons. The third-order valence-corrected chi connectivity index (χ3v) is 4.27. The molecule has 0 saturated heterocycles. The predicted octanol–water partition coefficient (Wildman–Crippen LogP) is 1.82. The van der Waals surface area contributed by atoms with E-state index in [2.05, 4.69) is 12.2 Å². The molecular weight excluding hydrogens is 252 g/mol. The monoisotopic (exact) mass is 276 g/mol. The molecule has 0 spiro atoms. The van der Waals surface area contributed by atoms with Crippen molar-refractivity contribution in [2.24, 2.45) is 11.7 Å². The number of carbonyl (C=O) groups is 1. The van der Waals surface area contributed by atoms with Crippen LogP contribution in [0.5, 0.6) is 0 Å². The van der Waals surface area contributed by atoms with Gasteiger partial charge in [0, 0.05) is 17.6 Å². The second kappa shape index (κ2) is 6.37. The summed E-state index contributed by atoms with van der Waals surface area (Å²) in [7, 11) is 0. The van der Waals surface area contributed by atoms with Crippen molar-refractivity contribution < 1.29 is 9.90 Å². The van der Waals surface area contributed by atoms with Gasteiger partial charge in [-0.2, -0.15) is 0 Å². The zero-order valence-electron chi connectivity index (χ0n) is 12.1. The summed E-state index contributed by atoms with van der Waals surface area (Å²) in [5.41, 5.74) is 6.66. The van der Waals surface area contributed by atoms with Crippen molar-refractivity contribution in [3.8, 4) is 0 Å². The standard InChI is InChI=1S/C16H24N2O2/c1-12-4-3-7-16(9-12,11-19)18-10-13-5-2-6-14(8-13)15(17)20/h2,5-6,8,12,18-19H,3-4,7,9-11H2,1H3,(H2,17,20). The minimum atomic E-state index is -0.407. The van der Waals surface area contributed by atoms with Crippen LogP contribution in [0.15, 0.2) is 24.3 Å². The first-order valence-electron chi connectivity index (χ1n) is 7.29. The van der Waals surface area contributed by atoms with Crippen LogP contribution < -0.4 is 11.1 Å². The minimum absolute atomic E-state index is 0.160. The number of amides is 1. The topological polar surface area (TPSA) is 75.3 Å². The van der Waals surface area contributed by atoms with E-state index in [1.165, 1.54) is 6.42 Å². The molecule has 2 unspecified atom stereocenters. The molecule has 0 aromatic heterocycles. The fraction of sp³-hybridized carbons (Fsp3) is 0.562. The maximum absolute atomic E-state index is 11.2. The van der Waals surface area contributed by atoms with Crippen LogP contribution in [0.25, 0.3) is 0 Å². The molecule has 1 amide bonds. The maximum atomic E-state index is 11.2. The Kier molecular flexibility index (Phi) is 4.78. The second-order valence-electron chi connectivity index (χ2n) is 6.06. The van der Waals surface area contributed by atoms with Crippen molar-refractivity contribution in [2.75, 3.05) is 6.61 Å². The fourth-order valence-corrected chi connectivity index (χ4v) is 3.14. The number of hydrogen-bond donors (Lipinski definition) is 3. The van der Waals surface area contributed by atoms with Crippen molar-refractivity contribution in [1.29, 1.82) is 0 Å². The van der Waals surface area contributed by atoms with E-state index < -0.39 is 5.91 Å². The van der Waals surface area contributed by atoms with Gasteiger partial charge in [-0.05, 0) is 36.5 Å². The Morgan fingerprint density at radius 3 is 3.00 bits per heavy atom. The normalized spacial score (nSPS) is 26.4. The summed E-state index contributed by atoms with van der Waals surface area (Å²) < 4.78 is 0. The van der Waals surface area contributed by atoms with Gasteiger partial charge in [-0.1, -0.05) is 31.9 Å². The molecule has 1 aromatic rings. The molecule has 20 heavy (non-hydrogen) atoms. The molecule has 1 saturated carbocycles. The van der Waals surface area contributed by atoms with Crippen molar-refractivity contribution in [2.45, 2.75) is 44.7 Å². The Hall–Kier alpha value is -1.39. The Morgan fingerprint density at radius 1 is 1.55 bits per heavy atom. The van der Waals surface area contributed by atoms with E-state index in [0.29, 0.717) is 18.0 Å². The van der Waals surface area contributed by atoms with Gasteiger partial charge >= 0.3 is 0 Å². The highest BCUT2D eigenvalue weighted by atomic mass is 16.3. The summed E-state index contributed by atoms with van der Waals surface area (Å²) in [6.07, 6.45) is 4.39. The zero-order valence-corrected chi connectivity index (χ0v) is 12.1. The SMILES string of the molecule is CC1CCCC(CO)(NCc2cccc(C(N)=O)c2)C1. The summed E-state index contributed by atoms with van der Waals surface area (Å²) in [6, 6.07) is 7.34. The van der Waals surface area contributed by atoms with Gasteiger partial charge in [0.25, 0.3) is 0 Å². The molecular formula is C16H24N2O2. The first-order chi connectivity index (χ1) is 9.54. The van der Waals surface area contributed by atoms with Crippen molar-refractivity contribution in [1.82, 2.24) is 5.32 Å². The number of aliphatic hydroxyl groups excluding tert-OH is 1. The van der Waals surface area contributed by atoms with E-state index in [0.717, 1.165) is 24.8 Å². The van der Waals surface area contributed by atoms with Crippen LogP contribution in [-0.2, 0) is 6.54 Å². The summed E-state index contributed by atoms with van der Waals surface area (Å²) in [5, 5.41) is 13.2. The highest BCUT2D eigenvalue weighted by Gasteiger charge is 2.33. The van der Waals surface area contributed by atoms with E-state index in [4.69, 9.17) is 5.73 Å². The van der Waals surface area contributed by atoms with Gasteiger partial charge in [0.1, 0.15) is 0 Å². The highest BCUT2D eigenvalue weighted by molar-refractivity contribution is 5.92. The summed E-state index contributed by atoms with van der Waals surface area (Å²) in [6.45, 7) is 3.04. The molecule has 0 bridgehead atoms.